The fourth-order valence-electron chi connectivity index (χ4n) is 2.18. The van der Waals surface area contributed by atoms with Gasteiger partial charge in [0.15, 0.2) is 18.1 Å². The zero-order chi connectivity index (χ0) is 20.7. The van der Waals surface area contributed by atoms with Crippen LogP contribution >= 0.6 is 0 Å². The fraction of sp³-hybridized carbons (Fsp3) is 0.222. The normalized spacial score (nSPS) is 11.0. The third-order valence-corrected chi connectivity index (χ3v) is 5.01. The molecule has 28 heavy (non-hydrogen) atoms. The van der Waals surface area contributed by atoms with Gasteiger partial charge in [-0.05, 0) is 24.3 Å². The Hall–Kier alpha value is -2.98. The van der Waals surface area contributed by atoms with E-state index in [1.807, 2.05) is 0 Å². The lowest BCUT2D eigenvalue weighted by Crippen LogP contribution is -2.31. The maximum absolute atomic E-state index is 13.5. The second-order valence-electron chi connectivity index (χ2n) is 5.41. The number of methoxy groups -OCH3 is 2. The number of esters is 1. The number of Topliss-reactive ketones (excluding diaryl/α,β-unsaturated/α-hetero) is 1. The van der Waals surface area contributed by atoms with Gasteiger partial charge in [-0.1, -0.05) is 12.1 Å². The van der Waals surface area contributed by atoms with E-state index in [4.69, 9.17) is 14.2 Å². The highest BCUT2D eigenvalue weighted by molar-refractivity contribution is 7.89. The summed E-state index contributed by atoms with van der Waals surface area (Å²) >= 11 is 0. The molecule has 0 saturated heterocycles. The summed E-state index contributed by atoms with van der Waals surface area (Å²) in [7, 11) is -1.28. The minimum atomic E-state index is -4.04. The lowest BCUT2D eigenvalue weighted by Gasteiger charge is -2.11. The van der Waals surface area contributed by atoms with Gasteiger partial charge in [0, 0.05) is 6.07 Å². The van der Waals surface area contributed by atoms with E-state index >= 15 is 0 Å². The molecular formula is C18H18FNO7S. The SMILES string of the molecule is COc1ccc(S(=O)(=O)NCC(=O)OCC(=O)c2ccccc2F)cc1OC. The van der Waals surface area contributed by atoms with Crippen LogP contribution in [0.5, 0.6) is 11.5 Å². The van der Waals surface area contributed by atoms with E-state index in [2.05, 4.69) is 4.72 Å². The summed E-state index contributed by atoms with van der Waals surface area (Å²) in [5, 5.41) is 0. The van der Waals surface area contributed by atoms with Crippen LogP contribution in [-0.2, 0) is 19.6 Å². The molecule has 0 unspecified atom stereocenters. The predicted octanol–water partition coefficient (Wildman–Crippen LogP) is 1.55. The standard InChI is InChI=1S/C18H18FNO7S/c1-25-16-8-7-12(9-17(16)26-2)28(23,24)20-10-18(22)27-11-15(21)13-5-3-4-6-14(13)19/h3-9,20H,10-11H2,1-2H3. The van der Waals surface area contributed by atoms with Gasteiger partial charge in [-0.3, -0.25) is 9.59 Å². The monoisotopic (exact) mass is 411 g/mol. The van der Waals surface area contributed by atoms with E-state index in [1.54, 1.807) is 0 Å². The van der Waals surface area contributed by atoms with Crippen molar-refractivity contribution < 1.29 is 36.6 Å². The molecule has 0 radical (unpaired) electrons. The second kappa shape index (κ2) is 9.29. The van der Waals surface area contributed by atoms with Crippen molar-refractivity contribution in [1.29, 1.82) is 0 Å². The average Bonchev–Trinajstić information content (AvgIpc) is 2.70. The smallest absolute Gasteiger partial charge is 0.321 e. The van der Waals surface area contributed by atoms with Gasteiger partial charge in [0.2, 0.25) is 15.8 Å². The third kappa shape index (κ3) is 5.27. The number of halogens is 1. The molecule has 2 aromatic rings. The van der Waals surface area contributed by atoms with Crippen LogP contribution in [0.15, 0.2) is 47.4 Å². The van der Waals surface area contributed by atoms with Crippen molar-refractivity contribution in [3.05, 3.63) is 53.8 Å². The first-order valence-corrected chi connectivity index (χ1v) is 9.42. The van der Waals surface area contributed by atoms with Gasteiger partial charge in [-0.25, -0.2) is 12.8 Å². The average molecular weight is 411 g/mol. The van der Waals surface area contributed by atoms with E-state index in [-0.39, 0.29) is 16.2 Å². The number of sulfonamides is 1. The quantitative estimate of drug-likeness (QED) is 0.493. The van der Waals surface area contributed by atoms with Gasteiger partial charge < -0.3 is 14.2 Å². The number of benzene rings is 2. The zero-order valence-electron chi connectivity index (χ0n) is 15.1. The fourth-order valence-corrected chi connectivity index (χ4v) is 3.17. The molecule has 2 aromatic carbocycles. The lowest BCUT2D eigenvalue weighted by atomic mass is 10.1. The molecule has 0 heterocycles. The molecule has 0 aliphatic rings. The molecule has 2 rings (SSSR count). The summed E-state index contributed by atoms with van der Waals surface area (Å²) in [6, 6.07) is 9.15. The van der Waals surface area contributed by atoms with Gasteiger partial charge in [-0.15, -0.1) is 0 Å². The molecular weight excluding hydrogens is 393 g/mol. The van der Waals surface area contributed by atoms with Crippen LogP contribution in [0.3, 0.4) is 0 Å². The molecule has 0 amide bonds. The summed E-state index contributed by atoms with van der Waals surface area (Å²) in [6.45, 7) is -1.42. The Morgan fingerprint density at radius 2 is 1.71 bits per heavy atom. The van der Waals surface area contributed by atoms with Crippen LogP contribution in [0.1, 0.15) is 10.4 Å². The van der Waals surface area contributed by atoms with Crippen molar-refractivity contribution in [2.45, 2.75) is 4.90 Å². The Labute approximate surface area is 161 Å². The number of carbonyl (C=O) groups is 2. The number of hydrogen-bond donors (Lipinski definition) is 1. The van der Waals surface area contributed by atoms with Crippen molar-refractivity contribution in [3.63, 3.8) is 0 Å². The number of rotatable bonds is 9. The molecule has 10 heteroatoms. The summed E-state index contributed by atoms with van der Waals surface area (Å²) in [5.41, 5.74) is -0.221. The van der Waals surface area contributed by atoms with Crippen LogP contribution < -0.4 is 14.2 Å². The second-order valence-corrected chi connectivity index (χ2v) is 7.17. The topological polar surface area (TPSA) is 108 Å². The van der Waals surface area contributed by atoms with Crippen LogP contribution in [0, 0.1) is 5.82 Å². The van der Waals surface area contributed by atoms with E-state index in [0.717, 1.165) is 6.07 Å². The van der Waals surface area contributed by atoms with Gasteiger partial charge in [-0.2, -0.15) is 4.72 Å². The first-order chi connectivity index (χ1) is 13.3. The van der Waals surface area contributed by atoms with E-state index in [1.165, 1.54) is 50.6 Å². The molecule has 0 aliphatic carbocycles. The minimum Gasteiger partial charge on any atom is -0.493 e. The number of ether oxygens (including phenoxy) is 3. The molecule has 0 bridgehead atoms. The molecule has 0 atom stereocenters. The summed E-state index contributed by atoms with van der Waals surface area (Å²) < 4.78 is 54.9. The molecule has 0 fully saturated rings. The van der Waals surface area contributed by atoms with Crippen molar-refractivity contribution in [1.82, 2.24) is 4.72 Å². The molecule has 1 N–H and O–H groups in total. The van der Waals surface area contributed by atoms with E-state index < -0.39 is 40.7 Å². The Balaban J connectivity index is 1.94. The Morgan fingerprint density at radius 3 is 2.36 bits per heavy atom. The first kappa shape index (κ1) is 21.3. The lowest BCUT2D eigenvalue weighted by molar-refractivity contribution is -0.141. The van der Waals surface area contributed by atoms with Crippen LogP contribution in [0.25, 0.3) is 0 Å². The summed E-state index contributed by atoms with van der Waals surface area (Å²) in [4.78, 5) is 23.4. The molecule has 0 spiro atoms. The number of hydrogen-bond acceptors (Lipinski definition) is 7. The Kier molecular flexibility index (Phi) is 7.07. The van der Waals surface area contributed by atoms with E-state index in [0.29, 0.717) is 5.75 Å². The molecule has 8 nitrogen and oxygen atoms in total. The first-order valence-electron chi connectivity index (χ1n) is 7.93. The van der Waals surface area contributed by atoms with Crippen LogP contribution in [0.2, 0.25) is 0 Å². The van der Waals surface area contributed by atoms with Gasteiger partial charge in [0.1, 0.15) is 12.4 Å². The van der Waals surface area contributed by atoms with Crippen molar-refractivity contribution >= 4 is 21.8 Å². The van der Waals surface area contributed by atoms with Crippen LogP contribution in [0.4, 0.5) is 4.39 Å². The minimum absolute atomic E-state index is 0.152. The maximum atomic E-state index is 13.5. The maximum Gasteiger partial charge on any atom is 0.321 e. The Morgan fingerprint density at radius 1 is 1.04 bits per heavy atom. The zero-order valence-corrected chi connectivity index (χ0v) is 15.9. The van der Waals surface area contributed by atoms with Crippen LogP contribution in [-0.4, -0.2) is 47.5 Å². The van der Waals surface area contributed by atoms with Crippen molar-refractivity contribution in [2.75, 3.05) is 27.4 Å². The Bertz CT molecular complexity index is 976. The highest BCUT2D eigenvalue weighted by Crippen LogP contribution is 2.29. The highest BCUT2D eigenvalue weighted by Gasteiger charge is 2.19. The molecule has 0 aromatic heterocycles. The molecule has 150 valence electrons. The number of ketones is 1. The van der Waals surface area contributed by atoms with Gasteiger partial charge in [0.25, 0.3) is 0 Å². The summed E-state index contributed by atoms with van der Waals surface area (Å²) in [5.74, 6) is -1.93. The highest BCUT2D eigenvalue weighted by atomic mass is 32.2. The van der Waals surface area contributed by atoms with E-state index in [9.17, 15) is 22.4 Å². The number of carbonyl (C=O) groups excluding carboxylic acids is 2. The molecule has 0 saturated carbocycles. The van der Waals surface area contributed by atoms with Crippen molar-refractivity contribution in [2.24, 2.45) is 0 Å². The van der Waals surface area contributed by atoms with Gasteiger partial charge >= 0.3 is 5.97 Å². The predicted molar refractivity (Wildman–Crippen MR) is 96.4 cm³/mol. The van der Waals surface area contributed by atoms with Crippen molar-refractivity contribution in [3.8, 4) is 11.5 Å². The number of nitrogens with one attached hydrogen (secondary N) is 1. The summed E-state index contributed by atoms with van der Waals surface area (Å²) in [6.07, 6.45) is 0. The third-order valence-electron chi connectivity index (χ3n) is 3.61. The largest absolute Gasteiger partial charge is 0.493 e. The molecule has 0 aliphatic heterocycles. The van der Waals surface area contributed by atoms with Gasteiger partial charge in [0.05, 0.1) is 24.7 Å².